The number of allylic oxidation sites excluding steroid dienone is 1. The Hall–Kier alpha value is -1.26. The summed E-state index contributed by atoms with van der Waals surface area (Å²) in [7, 11) is 0. The topological polar surface area (TPSA) is 23.8 Å². The van der Waals surface area contributed by atoms with Gasteiger partial charge in [-0.15, -0.1) is 11.6 Å². The Labute approximate surface area is 89.6 Å². The monoisotopic (exact) mass is 205 g/mol. The summed E-state index contributed by atoms with van der Waals surface area (Å²) in [5.41, 5.74) is 2.26. The lowest BCUT2D eigenvalue weighted by Gasteiger charge is -1.96. The van der Waals surface area contributed by atoms with Gasteiger partial charge in [0.15, 0.2) is 0 Å². The number of rotatable bonds is 4. The minimum Gasteiger partial charge on any atom is -0.198 e. The normalized spacial score (nSPS) is 10.3. The third kappa shape index (κ3) is 3.64. The fourth-order valence-corrected chi connectivity index (χ4v) is 1.31. The summed E-state index contributed by atoms with van der Waals surface area (Å²) in [6.07, 6.45) is 5.41. The second-order valence-corrected chi connectivity index (χ2v) is 3.25. The zero-order valence-electron chi connectivity index (χ0n) is 7.91. The van der Waals surface area contributed by atoms with E-state index in [1.54, 1.807) is 0 Å². The van der Waals surface area contributed by atoms with E-state index in [4.69, 9.17) is 16.9 Å². The van der Waals surface area contributed by atoms with Crippen molar-refractivity contribution < 1.29 is 0 Å². The molecule has 0 fully saturated rings. The molecule has 0 radical (unpaired) electrons. The maximum atomic E-state index is 8.34. The van der Waals surface area contributed by atoms with Gasteiger partial charge in [0.25, 0.3) is 0 Å². The summed E-state index contributed by atoms with van der Waals surface area (Å²) in [6, 6.07) is 10.2. The van der Waals surface area contributed by atoms with Crippen molar-refractivity contribution in [3.63, 3.8) is 0 Å². The molecular formula is C12H12ClN. The SMILES string of the molecule is N#CCC/C=C/c1cccc(CCl)c1. The molecule has 0 saturated carbocycles. The van der Waals surface area contributed by atoms with Gasteiger partial charge >= 0.3 is 0 Å². The molecule has 0 N–H and O–H groups in total. The molecule has 14 heavy (non-hydrogen) atoms. The smallest absolute Gasteiger partial charge is 0.0625 e. The van der Waals surface area contributed by atoms with E-state index in [-0.39, 0.29) is 0 Å². The van der Waals surface area contributed by atoms with Crippen LogP contribution in [0.5, 0.6) is 0 Å². The van der Waals surface area contributed by atoms with Crippen LogP contribution in [-0.2, 0) is 5.88 Å². The average Bonchev–Trinajstić information content (AvgIpc) is 2.25. The lowest BCUT2D eigenvalue weighted by Crippen LogP contribution is -1.78. The van der Waals surface area contributed by atoms with Gasteiger partial charge in [-0.05, 0) is 17.5 Å². The zero-order chi connectivity index (χ0) is 10.2. The summed E-state index contributed by atoms with van der Waals surface area (Å²) in [6.45, 7) is 0. The van der Waals surface area contributed by atoms with Crippen LogP contribution >= 0.6 is 11.6 Å². The highest BCUT2D eigenvalue weighted by Crippen LogP contribution is 2.09. The van der Waals surface area contributed by atoms with Crippen molar-refractivity contribution >= 4 is 17.7 Å². The van der Waals surface area contributed by atoms with E-state index in [2.05, 4.69) is 12.1 Å². The number of nitrogens with zero attached hydrogens (tertiary/aromatic N) is 1. The molecule has 1 aromatic carbocycles. The lowest BCUT2D eigenvalue weighted by atomic mass is 10.1. The predicted molar refractivity (Wildman–Crippen MR) is 59.9 cm³/mol. The van der Waals surface area contributed by atoms with Crippen molar-refractivity contribution in [1.29, 1.82) is 5.26 Å². The molecule has 0 amide bonds. The Morgan fingerprint density at radius 2 is 2.29 bits per heavy atom. The molecule has 0 unspecified atom stereocenters. The summed E-state index contributed by atoms with van der Waals surface area (Å²) >= 11 is 5.72. The van der Waals surface area contributed by atoms with Gasteiger partial charge in [-0.25, -0.2) is 0 Å². The van der Waals surface area contributed by atoms with E-state index >= 15 is 0 Å². The highest BCUT2D eigenvalue weighted by atomic mass is 35.5. The van der Waals surface area contributed by atoms with Crippen LogP contribution in [0.25, 0.3) is 6.08 Å². The minimum atomic E-state index is 0.542. The van der Waals surface area contributed by atoms with Crippen LogP contribution in [0.3, 0.4) is 0 Å². The van der Waals surface area contributed by atoms with Crippen LogP contribution in [0.1, 0.15) is 24.0 Å². The molecule has 0 bridgehead atoms. The van der Waals surface area contributed by atoms with Gasteiger partial charge in [-0.2, -0.15) is 5.26 Å². The highest BCUT2D eigenvalue weighted by molar-refractivity contribution is 6.17. The molecule has 0 atom stereocenters. The van der Waals surface area contributed by atoms with Crippen LogP contribution in [0.4, 0.5) is 0 Å². The molecule has 72 valence electrons. The number of hydrogen-bond donors (Lipinski definition) is 0. The molecule has 0 aliphatic carbocycles. The van der Waals surface area contributed by atoms with Crippen LogP contribution in [0, 0.1) is 11.3 Å². The number of unbranched alkanes of at least 4 members (excludes halogenated alkanes) is 1. The van der Waals surface area contributed by atoms with Gasteiger partial charge in [-0.3, -0.25) is 0 Å². The third-order valence-electron chi connectivity index (χ3n) is 1.84. The first-order chi connectivity index (χ1) is 6.86. The maximum Gasteiger partial charge on any atom is 0.0625 e. The number of nitriles is 1. The Balaban J connectivity index is 2.58. The van der Waals surface area contributed by atoms with Gasteiger partial charge in [0.1, 0.15) is 0 Å². The summed E-state index contributed by atoms with van der Waals surface area (Å²) < 4.78 is 0. The molecular weight excluding hydrogens is 194 g/mol. The molecule has 0 saturated heterocycles. The Bertz CT molecular complexity index is 350. The molecule has 2 heteroatoms. The number of alkyl halides is 1. The molecule has 0 aromatic heterocycles. The van der Waals surface area contributed by atoms with Crippen molar-refractivity contribution in [2.45, 2.75) is 18.7 Å². The van der Waals surface area contributed by atoms with Crippen LogP contribution in [0.2, 0.25) is 0 Å². The van der Waals surface area contributed by atoms with Crippen LogP contribution in [-0.4, -0.2) is 0 Å². The predicted octanol–water partition coefficient (Wildman–Crippen LogP) is 3.74. The van der Waals surface area contributed by atoms with Crippen LogP contribution in [0.15, 0.2) is 30.3 Å². The van der Waals surface area contributed by atoms with Gasteiger partial charge < -0.3 is 0 Å². The quantitative estimate of drug-likeness (QED) is 0.543. The molecule has 0 aliphatic rings. The largest absolute Gasteiger partial charge is 0.198 e. The second-order valence-electron chi connectivity index (χ2n) is 2.98. The fraction of sp³-hybridized carbons (Fsp3) is 0.250. The van der Waals surface area contributed by atoms with Crippen molar-refractivity contribution in [1.82, 2.24) is 0 Å². The Morgan fingerprint density at radius 3 is 3.00 bits per heavy atom. The Morgan fingerprint density at radius 1 is 1.43 bits per heavy atom. The summed E-state index contributed by atoms with van der Waals surface area (Å²) in [5.74, 6) is 0.542. The van der Waals surface area contributed by atoms with E-state index in [0.717, 1.165) is 17.5 Å². The van der Waals surface area contributed by atoms with Gasteiger partial charge in [0.2, 0.25) is 0 Å². The maximum absolute atomic E-state index is 8.34. The highest BCUT2D eigenvalue weighted by Gasteiger charge is 1.90. The first-order valence-corrected chi connectivity index (χ1v) is 5.08. The van der Waals surface area contributed by atoms with Crippen LogP contribution < -0.4 is 0 Å². The number of benzene rings is 1. The first-order valence-electron chi connectivity index (χ1n) is 4.55. The third-order valence-corrected chi connectivity index (χ3v) is 2.15. The molecule has 0 aliphatic heterocycles. The van der Waals surface area contributed by atoms with Crippen molar-refractivity contribution in [3.05, 3.63) is 41.5 Å². The Kier molecular flexibility index (Phi) is 4.82. The number of hydrogen-bond acceptors (Lipinski definition) is 1. The zero-order valence-corrected chi connectivity index (χ0v) is 8.67. The summed E-state index contributed by atoms with van der Waals surface area (Å²) in [5, 5.41) is 8.34. The second kappa shape index (κ2) is 6.23. The van der Waals surface area contributed by atoms with Crippen molar-refractivity contribution in [2.24, 2.45) is 0 Å². The molecule has 0 heterocycles. The molecule has 1 nitrogen and oxygen atoms in total. The fourth-order valence-electron chi connectivity index (χ4n) is 1.15. The summed E-state index contributed by atoms with van der Waals surface area (Å²) in [4.78, 5) is 0. The van der Waals surface area contributed by atoms with Gasteiger partial charge in [-0.1, -0.05) is 36.4 Å². The van der Waals surface area contributed by atoms with Gasteiger partial charge in [0.05, 0.1) is 6.07 Å². The van der Waals surface area contributed by atoms with Crippen molar-refractivity contribution in [2.75, 3.05) is 0 Å². The average molecular weight is 206 g/mol. The number of halogens is 1. The van der Waals surface area contributed by atoms with Crippen molar-refractivity contribution in [3.8, 4) is 6.07 Å². The minimum absolute atomic E-state index is 0.542. The van der Waals surface area contributed by atoms with E-state index in [1.165, 1.54) is 0 Å². The van der Waals surface area contributed by atoms with E-state index in [1.807, 2.05) is 30.4 Å². The van der Waals surface area contributed by atoms with E-state index in [9.17, 15) is 0 Å². The first kappa shape index (κ1) is 10.8. The lowest BCUT2D eigenvalue weighted by molar-refractivity contribution is 1.07. The molecule has 0 spiro atoms. The van der Waals surface area contributed by atoms with Gasteiger partial charge in [0, 0.05) is 12.3 Å². The molecule has 1 aromatic rings. The standard InChI is InChI=1S/C12H12ClN/c13-10-12-7-4-6-11(9-12)5-2-1-3-8-14/h2,4-7,9H,1,3,10H2/b5-2+. The van der Waals surface area contributed by atoms with E-state index < -0.39 is 0 Å². The van der Waals surface area contributed by atoms with E-state index in [0.29, 0.717) is 12.3 Å². The molecule has 1 rings (SSSR count).